The zero-order chi connectivity index (χ0) is 14.0. The van der Waals surface area contributed by atoms with Gasteiger partial charge in [-0.1, -0.05) is 18.2 Å². The first-order valence-corrected chi connectivity index (χ1v) is 6.09. The Balaban J connectivity index is 2.37. The Morgan fingerprint density at radius 1 is 1.32 bits per heavy atom. The molecule has 5 heteroatoms. The van der Waals surface area contributed by atoms with Crippen molar-refractivity contribution in [3.8, 4) is 0 Å². The second kappa shape index (κ2) is 5.03. The van der Waals surface area contributed by atoms with Crippen molar-refractivity contribution in [2.75, 3.05) is 13.2 Å². The van der Waals surface area contributed by atoms with Gasteiger partial charge in [0.1, 0.15) is 0 Å². The molecule has 0 saturated heterocycles. The predicted molar refractivity (Wildman–Crippen MR) is 73.0 cm³/mol. The molecule has 102 valence electrons. The van der Waals surface area contributed by atoms with Crippen molar-refractivity contribution < 1.29 is 15.0 Å². The van der Waals surface area contributed by atoms with Crippen LogP contribution in [0.5, 0.6) is 0 Å². The number of aliphatic hydroxyl groups is 2. The van der Waals surface area contributed by atoms with Crippen LogP contribution in [0.2, 0.25) is 0 Å². The van der Waals surface area contributed by atoms with Gasteiger partial charge in [-0.15, -0.1) is 0 Å². The van der Waals surface area contributed by atoms with Crippen LogP contribution < -0.4 is 5.32 Å². The van der Waals surface area contributed by atoms with Crippen molar-refractivity contribution in [3.63, 3.8) is 0 Å². The van der Waals surface area contributed by atoms with Gasteiger partial charge in [-0.2, -0.15) is 0 Å². The Morgan fingerprint density at radius 2 is 1.95 bits per heavy atom. The average Bonchev–Trinajstić information content (AvgIpc) is 2.77. The van der Waals surface area contributed by atoms with E-state index in [1.165, 1.54) is 0 Å². The fourth-order valence-electron chi connectivity index (χ4n) is 1.99. The lowest BCUT2D eigenvalue weighted by atomic mass is 10.0. The first-order chi connectivity index (χ1) is 9.00. The molecule has 19 heavy (non-hydrogen) atoms. The van der Waals surface area contributed by atoms with Gasteiger partial charge in [0.15, 0.2) is 0 Å². The van der Waals surface area contributed by atoms with Crippen LogP contribution in [0.25, 0.3) is 10.9 Å². The SMILES string of the molecule is Cn1cc(C(=O)NC(C)(CO)CO)c2ccccc21. The maximum Gasteiger partial charge on any atom is 0.254 e. The number of rotatable bonds is 4. The van der Waals surface area contributed by atoms with Crippen molar-refractivity contribution in [1.29, 1.82) is 0 Å². The molecular formula is C14H18N2O3. The number of nitrogens with zero attached hydrogens (tertiary/aromatic N) is 1. The molecule has 0 aliphatic heterocycles. The zero-order valence-electron chi connectivity index (χ0n) is 11.1. The van der Waals surface area contributed by atoms with Crippen LogP contribution in [0.1, 0.15) is 17.3 Å². The van der Waals surface area contributed by atoms with E-state index in [4.69, 9.17) is 0 Å². The molecule has 0 fully saturated rings. The number of fused-ring (bicyclic) bond motifs is 1. The topological polar surface area (TPSA) is 74.5 Å². The molecule has 0 aliphatic rings. The minimum Gasteiger partial charge on any atom is -0.394 e. The molecule has 1 heterocycles. The fraction of sp³-hybridized carbons (Fsp3) is 0.357. The second-order valence-electron chi connectivity index (χ2n) is 5.00. The average molecular weight is 262 g/mol. The molecule has 1 amide bonds. The fourth-order valence-corrected chi connectivity index (χ4v) is 1.99. The maximum atomic E-state index is 12.3. The molecule has 1 aromatic carbocycles. The van der Waals surface area contributed by atoms with Crippen molar-refractivity contribution in [2.45, 2.75) is 12.5 Å². The Bertz CT molecular complexity index is 600. The predicted octanol–water partition coefficient (Wildman–Crippen LogP) is 0.651. The van der Waals surface area contributed by atoms with E-state index in [1.54, 1.807) is 13.1 Å². The normalized spacial score (nSPS) is 11.8. The summed E-state index contributed by atoms with van der Waals surface area (Å²) in [6.07, 6.45) is 1.75. The van der Waals surface area contributed by atoms with E-state index in [-0.39, 0.29) is 19.1 Å². The van der Waals surface area contributed by atoms with Crippen molar-refractivity contribution >= 4 is 16.8 Å². The minimum absolute atomic E-state index is 0.303. The number of hydrogen-bond donors (Lipinski definition) is 3. The van der Waals surface area contributed by atoms with Gasteiger partial charge in [-0.05, 0) is 13.0 Å². The number of carbonyl (C=O) groups is 1. The lowest BCUT2D eigenvalue weighted by Crippen LogP contribution is -2.51. The van der Waals surface area contributed by atoms with E-state index in [0.29, 0.717) is 5.56 Å². The zero-order valence-corrected chi connectivity index (χ0v) is 11.1. The highest BCUT2D eigenvalue weighted by Crippen LogP contribution is 2.20. The lowest BCUT2D eigenvalue weighted by molar-refractivity contribution is 0.0725. The molecule has 0 radical (unpaired) electrons. The summed E-state index contributed by atoms with van der Waals surface area (Å²) in [6.45, 7) is 0.954. The van der Waals surface area contributed by atoms with E-state index in [2.05, 4.69) is 5.32 Å². The van der Waals surface area contributed by atoms with Gasteiger partial charge in [-0.3, -0.25) is 4.79 Å². The number of carbonyl (C=O) groups excluding carboxylic acids is 1. The quantitative estimate of drug-likeness (QED) is 0.757. The third-order valence-corrected chi connectivity index (χ3v) is 3.25. The Labute approximate surface area is 111 Å². The van der Waals surface area contributed by atoms with Gasteiger partial charge in [0.2, 0.25) is 0 Å². The summed E-state index contributed by atoms with van der Waals surface area (Å²) in [6, 6.07) is 7.59. The van der Waals surface area contributed by atoms with Crippen LogP contribution in [0.3, 0.4) is 0 Å². The molecular weight excluding hydrogens is 244 g/mol. The van der Waals surface area contributed by atoms with Gasteiger partial charge in [0.25, 0.3) is 5.91 Å². The van der Waals surface area contributed by atoms with E-state index in [0.717, 1.165) is 10.9 Å². The second-order valence-corrected chi connectivity index (χ2v) is 5.00. The van der Waals surface area contributed by atoms with Crippen molar-refractivity contribution in [2.24, 2.45) is 7.05 Å². The number of benzene rings is 1. The molecule has 1 aromatic heterocycles. The highest BCUT2D eigenvalue weighted by molar-refractivity contribution is 6.07. The molecule has 0 saturated carbocycles. The summed E-state index contributed by atoms with van der Waals surface area (Å²) in [5.41, 5.74) is 0.474. The van der Waals surface area contributed by atoms with Crippen LogP contribution >= 0.6 is 0 Å². The van der Waals surface area contributed by atoms with E-state index < -0.39 is 5.54 Å². The molecule has 2 aromatic rings. The van der Waals surface area contributed by atoms with Crippen LogP contribution in [0, 0.1) is 0 Å². The van der Waals surface area contributed by atoms with E-state index in [1.807, 2.05) is 35.9 Å². The number of aliphatic hydroxyl groups excluding tert-OH is 2. The summed E-state index contributed by atoms with van der Waals surface area (Å²) < 4.78 is 1.87. The third kappa shape index (κ3) is 2.47. The molecule has 0 spiro atoms. The van der Waals surface area contributed by atoms with Crippen LogP contribution in [0.4, 0.5) is 0 Å². The molecule has 3 N–H and O–H groups in total. The van der Waals surface area contributed by atoms with Gasteiger partial charge in [0.05, 0.1) is 24.3 Å². The minimum atomic E-state index is -1.02. The Morgan fingerprint density at radius 3 is 2.58 bits per heavy atom. The molecule has 0 atom stereocenters. The maximum absolute atomic E-state index is 12.3. The number of nitrogens with one attached hydrogen (secondary N) is 1. The van der Waals surface area contributed by atoms with Gasteiger partial charge >= 0.3 is 0 Å². The van der Waals surface area contributed by atoms with Crippen molar-refractivity contribution in [1.82, 2.24) is 9.88 Å². The summed E-state index contributed by atoms with van der Waals surface area (Å²) in [5, 5.41) is 21.9. The van der Waals surface area contributed by atoms with Gasteiger partial charge < -0.3 is 20.1 Å². The first kappa shape index (κ1) is 13.6. The van der Waals surface area contributed by atoms with Crippen LogP contribution in [-0.2, 0) is 7.05 Å². The van der Waals surface area contributed by atoms with Crippen LogP contribution in [-0.4, -0.2) is 39.4 Å². The number of aromatic nitrogens is 1. The molecule has 0 aliphatic carbocycles. The molecule has 2 rings (SSSR count). The molecule has 5 nitrogen and oxygen atoms in total. The van der Waals surface area contributed by atoms with Gasteiger partial charge in [-0.25, -0.2) is 0 Å². The number of amides is 1. The smallest absolute Gasteiger partial charge is 0.254 e. The number of hydrogen-bond acceptors (Lipinski definition) is 3. The summed E-state index contributed by atoms with van der Waals surface area (Å²) in [5.74, 6) is -0.303. The van der Waals surface area contributed by atoms with Crippen molar-refractivity contribution in [3.05, 3.63) is 36.0 Å². The lowest BCUT2D eigenvalue weighted by Gasteiger charge is -2.25. The first-order valence-electron chi connectivity index (χ1n) is 6.09. The Kier molecular flexibility index (Phi) is 3.59. The van der Waals surface area contributed by atoms with E-state index in [9.17, 15) is 15.0 Å². The van der Waals surface area contributed by atoms with E-state index >= 15 is 0 Å². The third-order valence-electron chi connectivity index (χ3n) is 3.25. The largest absolute Gasteiger partial charge is 0.394 e. The summed E-state index contributed by atoms with van der Waals surface area (Å²) in [4.78, 5) is 12.3. The number of aryl methyl sites for hydroxylation is 1. The monoisotopic (exact) mass is 262 g/mol. The van der Waals surface area contributed by atoms with Crippen LogP contribution in [0.15, 0.2) is 30.5 Å². The Hall–Kier alpha value is -1.85. The molecule has 0 unspecified atom stereocenters. The highest BCUT2D eigenvalue weighted by atomic mass is 16.3. The highest BCUT2D eigenvalue weighted by Gasteiger charge is 2.26. The summed E-state index contributed by atoms with van der Waals surface area (Å²) >= 11 is 0. The summed E-state index contributed by atoms with van der Waals surface area (Å²) in [7, 11) is 1.87. The molecule has 0 bridgehead atoms. The number of para-hydroxylation sites is 1. The standard InChI is InChI=1S/C14H18N2O3/c1-14(8-17,9-18)15-13(19)11-7-16(2)12-6-4-3-5-10(11)12/h3-7,17-18H,8-9H2,1-2H3,(H,15,19). The van der Waals surface area contributed by atoms with Gasteiger partial charge in [0, 0.05) is 24.1 Å².